The van der Waals surface area contributed by atoms with E-state index in [2.05, 4.69) is 5.32 Å². The van der Waals surface area contributed by atoms with E-state index in [1.165, 1.54) is 0 Å². The van der Waals surface area contributed by atoms with Gasteiger partial charge in [-0.2, -0.15) is 0 Å². The van der Waals surface area contributed by atoms with Crippen molar-refractivity contribution in [3.05, 3.63) is 34.3 Å². The van der Waals surface area contributed by atoms with E-state index in [0.29, 0.717) is 29.5 Å². The highest BCUT2D eigenvalue weighted by Crippen LogP contribution is 2.29. The second-order valence-electron chi connectivity index (χ2n) is 5.11. The predicted octanol–water partition coefficient (Wildman–Crippen LogP) is 2.36. The fourth-order valence-corrected chi connectivity index (χ4v) is 2.56. The van der Waals surface area contributed by atoms with Gasteiger partial charge in [-0.3, -0.25) is 9.59 Å². The number of hydrogen-bond acceptors (Lipinski definition) is 2. The average molecular weight is 264 g/mol. The molecule has 94 valence electrons. The molecule has 1 aromatic carbocycles. The number of hydrogen-bond donors (Lipinski definition) is 1. The van der Waals surface area contributed by atoms with Crippen LogP contribution < -0.4 is 5.32 Å². The zero-order valence-corrected chi connectivity index (χ0v) is 10.7. The zero-order chi connectivity index (χ0) is 12.7. The lowest BCUT2D eigenvalue weighted by atomic mass is 9.82. The molecule has 1 saturated carbocycles. The van der Waals surface area contributed by atoms with Gasteiger partial charge in [-0.25, -0.2) is 0 Å². The lowest BCUT2D eigenvalue weighted by Gasteiger charge is -2.23. The van der Waals surface area contributed by atoms with Crippen LogP contribution in [0.4, 0.5) is 0 Å². The van der Waals surface area contributed by atoms with Crippen molar-refractivity contribution in [3.63, 3.8) is 0 Å². The SMILES string of the molecule is O=C1CC(C(=O)NC2CC2)Cc2ccc(Cl)cc21. The van der Waals surface area contributed by atoms with Gasteiger partial charge in [-0.05, 0) is 37.0 Å². The molecule has 1 amide bonds. The van der Waals surface area contributed by atoms with Crippen LogP contribution in [0.5, 0.6) is 0 Å². The van der Waals surface area contributed by atoms with Crippen molar-refractivity contribution >= 4 is 23.3 Å². The first kappa shape index (κ1) is 11.7. The second kappa shape index (κ2) is 4.39. The van der Waals surface area contributed by atoms with Gasteiger partial charge in [-0.1, -0.05) is 17.7 Å². The van der Waals surface area contributed by atoms with E-state index in [9.17, 15) is 9.59 Å². The van der Waals surface area contributed by atoms with Crippen molar-refractivity contribution in [2.75, 3.05) is 0 Å². The third-order valence-electron chi connectivity index (χ3n) is 3.56. The van der Waals surface area contributed by atoms with Crippen LogP contribution >= 0.6 is 11.6 Å². The van der Waals surface area contributed by atoms with Gasteiger partial charge in [0.05, 0.1) is 0 Å². The van der Waals surface area contributed by atoms with Crippen LogP contribution in [-0.4, -0.2) is 17.7 Å². The van der Waals surface area contributed by atoms with Gasteiger partial charge in [0.15, 0.2) is 5.78 Å². The Morgan fingerprint density at radius 1 is 1.28 bits per heavy atom. The molecule has 18 heavy (non-hydrogen) atoms. The van der Waals surface area contributed by atoms with E-state index < -0.39 is 0 Å². The molecule has 1 N–H and O–H groups in total. The first-order chi connectivity index (χ1) is 8.63. The van der Waals surface area contributed by atoms with Crippen molar-refractivity contribution in [1.82, 2.24) is 5.32 Å². The van der Waals surface area contributed by atoms with Crippen molar-refractivity contribution < 1.29 is 9.59 Å². The molecule has 0 aromatic heterocycles. The standard InChI is InChI=1S/C14H14ClNO2/c15-10-2-1-8-5-9(6-13(17)12(8)7-10)14(18)16-11-3-4-11/h1-2,7,9,11H,3-6H2,(H,16,18). The Morgan fingerprint density at radius 2 is 2.06 bits per heavy atom. The summed E-state index contributed by atoms with van der Waals surface area (Å²) < 4.78 is 0. The van der Waals surface area contributed by atoms with Gasteiger partial charge >= 0.3 is 0 Å². The lowest BCUT2D eigenvalue weighted by molar-refractivity contribution is -0.125. The van der Waals surface area contributed by atoms with Crippen LogP contribution in [0.15, 0.2) is 18.2 Å². The fraction of sp³-hybridized carbons (Fsp3) is 0.429. The van der Waals surface area contributed by atoms with Crippen molar-refractivity contribution in [2.45, 2.75) is 31.7 Å². The number of carbonyl (C=O) groups excluding carboxylic acids is 2. The quantitative estimate of drug-likeness (QED) is 0.890. The number of nitrogens with one attached hydrogen (secondary N) is 1. The third kappa shape index (κ3) is 2.27. The number of ketones is 1. The molecule has 2 aliphatic carbocycles. The minimum Gasteiger partial charge on any atom is -0.353 e. The van der Waals surface area contributed by atoms with Crippen LogP contribution in [0.3, 0.4) is 0 Å². The minimum absolute atomic E-state index is 0.0199. The molecule has 1 aromatic rings. The molecule has 0 bridgehead atoms. The van der Waals surface area contributed by atoms with E-state index in [0.717, 1.165) is 18.4 Å². The summed E-state index contributed by atoms with van der Waals surface area (Å²) >= 11 is 5.89. The summed E-state index contributed by atoms with van der Waals surface area (Å²) in [5.41, 5.74) is 1.62. The Bertz CT molecular complexity index is 523. The number of benzene rings is 1. The summed E-state index contributed by atoms with van der Waals surface area (Å²) in [4.78, 5) is 24.0. The molecular formula is C14H14ClNO2. The maximum Gasteiger partial charge on any atom is 0.224 e. The molecule has 1 fully saturated rings. The van der Waals surface area contributed by atoms with Crippen LogP contribution in [0.1, 0.15) is 35.2 Å². The van der Waals surface area contributed by atoms with Gasteiger partial charge in [0.25, 0.3) is 0 Å². The summed E-state index contributed by atoms with van der Waals surface area (Å²) in [7, 11) is 0. The first-order valence-electron chi connectivity index (χ1n) is 6.25. The Labute approximate surface area is 111 Å². The smallest absolute Gasteiger partial charge is 0.224 e. The number of halogens is 1. The topological polar surface area (TPSA) is 46.2 Å². The number of carbonyl (C=O) groups is 2. The van der Waals surface area contributed by atoms with Gasteiger partial charge in [0.2, 0.25) is 5.91 Å². The van der Waals surface area contributed by atoms with E-state index in [4.69, 9.17) is 11.6 Å². The molecule has 0 radical (unpaired) electrons. The van der Waals surface area contributed by atoms with Crippen LogP contribution in [0.2, 0.25) is 5.02 Å². The molecule has 3 nitrogen and oxygen atoms in total. The van der Waals surface area contributed by atoms with Crippen molar-refractivity contribution in [3.8, 4) is 0 Å². The Hall–Kier alpha value is -1.35. The maximum absolute atomic E-state index is 12.0. The van der Waals surface area contributed by atoms with Crippen molar-refractivity contribution in [2.24, 2.45) is 5.92 Å². The Balaban J connectivity index is 1.80. The maximum atomic E-state index is 12.0. The molecule has 0 spiro atoms. The minimum atomic E-state index is -0.216. The Morgan fingerprint density at radius 3 is 2.78 bits per heavy atom. The van der Waals surface area contributed by atoms with E-state index in [-0.39, 0.29) is 17.6 Å². The van der Waals surface area contributed by atoms with Gasteiger partial charge in [-0.15, -0.1) is 0 Å². The summed E-state index contributed by atoms with van der Waals surface area (Å²) in [5, 5.41) is 3.54. The summed E-state index contributed by atoms with van der Waals surface area (Å²) in [5.74, 6) is -0.173. The highest BCUT2D eigenvalue weighted by Gasteiger charge is 2.32. The van der Waals surface area contributed by atoms with E-state index in [1.54, 1.807) is 12.1 Å². The molecule has 3 rings (SSSR count). The number of Topliss-reactive ketones (excluding diaryl/α,β-unsaturated/α-hetero) is 1. The summed E-state index contributed by atoms with van der Waals surface area (Å²) in [6.45, 7) is 0. The van der Waals surface area contributed by atoms with Crippen LogP contribution in [-0.2, 0) is 11.2 Å². The molecule has 0 aliphatic heterocycles. The van der Waals surface area contributed by atoms with Crippen LogP contribution in [0.25, 0.3) is 0 Å². The molecule has 1 atom stereocenters. The van der Waals surface area contributed by atoms with Crippen LogP contribution in [0, 0.1) is 5.92 Å². The normalized spacial score (nSPS) is 22.5. The summed E-state index contributed by atoms with van der Waals surface area (Å²) in [6.07, 6.45) is 3.07. The fourth-order valence-electron chi connectivity index (χ4n) is 2.39. The van der Waals surface area contributed by atoms with Gasteiger partial charge < -0.3 is 5.32 Å². The molecule has 0 heterocycles. The molecule has 2 aliphatic rings. The zero-order valence-electron chi connectivity index (χ0n) is 9.91. The van der Waals surface area contributed by atoms with E-state index in [1.807, 2.05) is 6.07 Å². The largest absolute Gasteiger partial charge is 0.353 e. The predicted molar refractivity (Wildman–Crippen MR) is 68.8 cm³/mol. The monoisotopic (exact) mass is 263 g/mol. The first-order valence-corrected chi connectivity index (χ1v) is 6.63. The summed E-state index contributed by atoms with van der Waals surface area (Å²) in [6, 6.07) is 5.68. The van der Waals surface area contributed by atoms with E-state index >= 15 is 0 Å². The number of rotatable bonds is 2. The highest BCUT2D eigenvalue weighted by molar-refractivity contribution is 6.31. The van der Waals surface area contributed by atoms with Crippen molar-refractivity contribution in [1.29, 1.82) is 0 Å². The Kier molecular flexibility index (Phi) is 2.86. The number of amides is 1. The molecular weight excluding hydrogens is 250 g/mol. The lowest BCUT2D eigenvalue weighted by Crippen LogP contribution is -2.36. The van der Waals surface area contributed by atoms with Gasteiger partial charge in [0, 0.05) is 29.0 Å². The molecule has 4 heteroatoms. The highest BCUT2D eigenvalue weighted by atomic mass is 35.5. The second-order valence-corrected chi connectivity index (χ2v) is 5.55. The number of fused-ring (bicyclic) bond motifs is 1. The van der Waals surface area contributed by atoms with Gasteiger partial charge in [0.1, 0.15) is 0 Å². The molecule has 1 unspecified atom stereocenters. The third-order valence-corrected chi connectivity index (χ3v) is 3.80. The average Bonchev–Trinajstić information content (AvgIpc) is 3.13. The molecule has 0 saturated heterocycles.